The average molecular weight is 347 g/mol. The van der Waals surface area contributed by atoms with Crippen LogP contribution in [0.25, 0.3) is 5.69 Å². The third-order valence-corrected chi connectivity index (χ3v) is 6.13. The van der Waals surface area contributed by atoms with E-state index in [0.29, 0.717) is 0 Å². The van der Waals surface area contributed by atoms with Gasteiger partial charge in [0.25, 0.3) is 0 Å². The minimum atomic E-state index is -3.26. The predicted octanol–water partition coefficient (Wildman–Crippen LogP) is 3.13. The topological polar surface area (TPSA) is 64.0 Å². The maximum absolute atomic E-state index is 12.1. The number of aryl methyl sites for hydroxylation is 1. The molecule has 0 aliphatic heterocycles. The minimum Gasteiger partial charge on any atom is -0.237 e. The smallest absolute Gasteiger partial charge is 0.211 e. The van der Waals surface area contributed by atoms with Gasteiger partial charge in [-0.15, -0.1) is 0 Å². The van der Waals surface area contributed by atoms with E-state index in [1.165, 1.54) is 0 Å². The van der Waals surface area contributed by atoms with Crippen molar-refractivity contribution in [2.75, 3.05) is 5.75 Å². The number of sulfonamides is 1. The molecule has 1 aromatic heterocycles. The monoisotopic (exact) mass is 347 g/mol. The van der Waals surface area contributed by atoms with Crippen molar-refractivity contribution in [2.24, 2.45) is 5.41 Å². The van der Waals surface area contributed by atoms with Gasteiger partial charge in [-0.1, -0.05) is 32.0 Å². The molecular weight excluding hydrogens is 322 g/mol. The zero-order valence-electron chi connectivity index (χ0n) is 14.7. The largest absolute Gasteiger partial charge is 0.237 e. The van der Waals surface area contributed by atoms with Gasteiger partial charge in [0.1, 0.15) is 0 Å². The number of fused-ring (bicyclic) bond motifs is 1. The third-order valence-electron chi connectivity index (χ3n) is 4.72. The molecule has 1 aromatic carbocycles. The molecule has 1 atom stereocenters. The van der Waals surface area contributed by atoms with Gasteiger partial charge in [-0.2, -0.15) is 5.10 Å². The molecule has 0 saturated carbocycles. The van der Waals surface area contributed by atoms with Gasteiger partial charge < -0.3 is 0 Å². The SMILES string of the molecule is CCS(=O)(=O)N[C@@H]1CC(C)(C)Cc2c1cnn2-c1ccccc1C. The molecule has 130 valence electrons. The van der Waals surface area contributed by atoms with Crippen molar-refractivity contribution in [1.82, 2.24) is 14.5 Å². The van der Waals surface area contributed by atoms with Crippen molar-refractivity contribution in [3.8, 4) is 5.69 Å². The van der Waals surface area contributed by atoms with Crippen LogP contribution in [0.4, 0.5) is 0 Å². The predicted molar refractivity (Wildman–Crippen MR) is 95.7 cm³/mol. The third kappa shape index (κ3) is 3.26. The van der Waals surface area contributed by atoms with Gasteiger partial charge in [-0.05, 0) is 43.7 Å². The molecule has 0 saturated heterocycles. The van der Waals surface area contributed by atoms with Gasteiger partial charge in [0, 0.05) is 11.3 Å². The lowest BCUT2D eigenvalue weighted by atomic mass is 9.74. The molecule has 6 heteroatoms. The fourth-order valence-electron chi connectivity index (χ4n) is 3.46. The summed E-state index contributed by atoms with van der Waals surface area (Å²) >= 11 is 0. The number of nitrogens with zero attached hydrogens (tertiary/aromatic N) is 2. The average Bonchev–Trinajstić information content (AvgIpc) is 2.90. The highest BCUT2D eigenvalue weighted by Gasteiger charge is 2.36. The van der Waals surface area contributed by atoms with Crippen molar-refractivity contribution in [1.29, 1.82) is 0 Å². The first kappa shape index (κ1) is 17.2. The summed E-state index contributed by atoms with van der Waals surface area (Å²) in [6, 6.07) is 7.91. The van der Waals surface area contributed by atoms with Gasteiger partial charge in [-0.3, -0.25) is 0 Å². The second kappa shape index (κ2) is 6.01. The van der Waals surface area contributed by atoms with E-state index in [4.69, 9.17) is 0 Å². The standard InChI is InChI=1S/C18H25N3O2S/c1-5-24(22,23)20-15-10-18(3,4)11-17-14(15)12-19-21(17)16-9-7-6-8-13(16)2/h6-9,12,15,20H,5,10-11H2,1-4H3/t15-/m1/s1. The summed E-state index contributed by atoms with van der Waals surface area (Å²) in [6.07, 6.45) is 3.47. The van der Waals surface area contributed by atoms with E-state index < -0.39 is 10.0 Å². The summed E-state index contributed by atoms with van der Waals surface area (Å²) in [6.45, 7) is 8.08. The Labute approximate surface area is 144 Å². The first-order valence-corrected chi connectivity index (χ1v) is 10.0. The lowest BCUT2D eigenvalue weighted by molar-refractivity contribution is 0.268. The molecule has 5 nitrogen and oxygen atoms in total. The van der Waals surface area contributed by atoms with E-state index in [0.717, 1.165) is 35.3 Å². The van der Waals surface area contributed by atoms with E-state index in [1.54, 1.807) is 6.92 Å². The van der Waals surface area contributed by atoms with Crippen LogP contribution >= 0.6 is 0 Å². The summed E-state index contributed by atoms with van der Waals surface area (Å²) in [5.41, 5.74) is 4.30. The molecule has 0 amide bonds. The van der Waals surface area contributed by atoms with E-state index in [2.05, 4.69) is 42.7 Å². The van der Waals surface area contributed by atoms with Crippen LogP contribution in [-0.2, 0) is 16.4 Å². The number of benzene rings is 1. The summed E-state index contributed by atoms with van der Waals surface area (Å²) in [7, 11) is -3.26. The molecule has 0 unspecified atom stereocenters. The van der Waals surface area contributed by atoms with Crippen molar-refractivity contribution in [3.63, 3.8) is 0 Å². The molecule has 2 aromatic rings. The Morgan fingerprint density at radius 2 is 2.04 bits per heavy atom. The van der Waals surface area contributed by atoms with Crippen LogP contribution < -0.4 is 4.72 Å². The lowest BCUT2D eigenvalue weighted by Gasteiger charge is -2.35. The Hall–Kier alpha value is -1.66. The zero-order valence-corrected chi connectivity index (χ0v) is 15.5. The fourth-order valence-corrected chi connectivity index (χ4v) is 4.27. The highest BCUT2D eigenvalue weighted by molar-refractivity contribution is 7.89. The molecule has 24 heavy (non-hydrogen) atoms. The van der Waals surface area contributed by atoms with Gasteiger partial charge in [0.2, 0.25) is 10.0 Å². The summed E-state index contributed by atoms with van der Waals surface area (Å²) in [5, 5.41) is 4.58. The number of hydrogen-bond donors (Lipinski definition) is 1. The molecule has 1 heterocycles. The second-order valence-electron chi connectivity index (χ2n) is 7.36. The van der Waals surface area contributed by atoms with E-state index in [-0.39, 0.29) is 17.2 Å². The van der Waals surface area contributed by atoms with Crippen LogP contribution in [0.2, 0.25) is 0 Å². The van der Waals surface area contributed by atoms with Crippen molar-refractivity contribution >= 4 is 10.0 Å². The van der Waals surface area contributed by atoms with E-state index in [1.807, 2.05) is 23.0 Å². The fraction of sp³-hybridized carbons (Fsp3) is 0.500. The van der Waals surface area contributed by atoms with Crippen LogP contribution in [0.1, 0.15) is 50.1 Å². The first-order valence-electron chi connectivity index (χ1n) is 8.35. The van der Waals surface area contributed by atoms with Crippen LogP contribution in [0.3, 0.4) is 0 Å². The molecule has 0 bridgehead atoms. The van der Waals surface area contributed by atoms with Gasteiger partial charge >= 0.3 is 0 Å². The molecular formula is C18H25N3O2S. The molecule has 0 fully saturated rings. The van der Waals surface area contributed by atoms with Crippen LogP contribution in [0.5, 0.6) is 0 Å². The van der Waals surface area contributed by atoms with Gasteiger partial charge in [0.05, 0.1) is 23.7 Å². The van der Waals surface area contributed by atoms with Crippen LogP contribution in [0.15, 0.2) is 30.5 Å². The number of nitrogens with one attached hydrogen (secondary N) is 1. The lowest BCUT2D eigenvalue weighted by Crippen LogP contribution is -2.37. The number of rotatable bonds is 4. The normalized spacial score (nSPS) is 19.9. The Morgan fingerprint density at radius 3 is 2.71 bits per heavy atom. The van der Waals surface area contributed by atoms with Crippen molar-refractivity contribution in [2.45, 2.75) is 46.6 Å². The number of aromatic nitrogens is 2. The van der Waals surface area contributed by atoms with E-state index in [9.17, 15) is 8.42 Å². The van der Waals surface area contributed by atoms with Crippen LogP contribution in [0, 0.1) is 12.3 Å². The number of hydrogen-bond acceptors (Lipinski definition) is 3. The first-order chi connectivity index (χ1) is 11.2. The highest BCUT2D eigenvalue weighted by Crippen LogP contribution is 2.41. The second-order valence-corrected chi connectivity index (χ2v) is 9.41. The maximum atomic E-state index is 12.1. The molecule has 0 spiro atoms. The molecule has 0 radical (unpaired) electrons. The van der Waals surface area contributed by atoms with Crippen molar-refractivity contribution in [3.05, 3.63) is 47.3 Å². The number of para-hydroxylation sites is 1. The van der Waals surface area contributed by atoms with Gasteiger partial charge in [-0.25, -0.2) is 17.8 Å². The van der Waals surface area contributed by atoms with Crippen molar-refractivity contribution < 1.29 is 8.42 Å². The Kier molecular flexibility index (Phi) is 4.30. The minimum absolute atomic E-state index is 0.00833. The summed E-state index contributed by atoms with van der Waals surface area (Å²) < 4.78 is 29.0. The van der Waals surface area contributed by atoms with Gasteiger partial charge in [0.15, 0.2) is 0 Å². The Balaban J connectivity index is 2.08. The quantitative estimate of drug-likeness (QED) is 0.924. The summed E-state index contributed by atoms with van der Waals surface area (Å²) in [5.74, 6) is 0.0885. The highest BCUT2D eigenvalue weighted by atomic mass is 32.2. The molecule has 3 rings (SSSR count). The Morgan fingerprint density at radius 1 is 1.33 bits per heavy atom. The molecule has 1 aliphatic rings. The maximum Gasteiger partial charge on any atom is 0.211 e. The molecule has 1 N–H and O–H groups in total. The Bertz CT molecular complexity index is 853. The van der Waals surface area contributed by atoms with E-state index >= 15 is 0 Å². The summed E-state index contributed by atoms with van der Waals surface area (Å²) in [4.78, 5) is 0. The van der Waals surface area contributed by atoms with Crippen LogP contribution in [-0.4, -0.2) is 24.0 Å². The molecule has 1 aliphatic carbocycles. The zero-order chi connectivity index (χ0) is 17.5.